The maximum absolute atomic E-state index is 13.6. The third-order valence-electron chi connectivity index (χ3n) is 4.27. The van der Waals surface area contributed by atoms with E-state index in [1.54, 1.807) is 6.07 Å². The lowest BCUT2D eigenvalue weighted by Gasteiger charge is -2.18. The second-order valence-corrected chi connectivity index (χ2v) is 6.21. The molecule has 0 bridgehead atoms. The number of benzene rings is 1. The summed E-state index contributed by atoms with van der Waals surface area (Å²) in [7, 11) is 0. The first-order valence-electron chi connectivity index (χ1n) is 8.45. The van der Waals surface area contributed by atoms with Crippen LogP contribution in [0.25, 0.3) is 11.4 Å². The molecule has 0 saturated carbocycles. The number of nitrogens with one attached hydrogen (secondary N) is 1. The monoisotopic (exact) mass is 404 g/mol. The van der Waals surface area contributed by atoms with E-state index in [9.17, 15) is 22.4 Å². The average molecular weight is 404 g/mol. The van der Waals surface area contributed by atoms with Crippen LogP contribution in [0.1, 0.15) is 21.5 Å². The van der Waals surface area contributed by atoms with Gasteiger partial charge in [-0.1, -0.05) is 0 Å². The molecule has 0 radical (unpaired) electrons. The second kappa shape index (κ2) is 7.12. The largest absolute Gasteiger partial charge is 0.439 e. The second-order valence-electron chi connectivity index (χ2n) is 6.21. The minimum atomic E-state index is -4.72. The van der Waals surface area contributed by atoms with Crippen molar-refractivity contribution in [2.45, 2.75) is 12.6 Å². The van der Waals surface area contributed by atoms with Gasteiger partial charge in [-0.25, -0.2) is 14.4 Å². The van der Waals surface area contributed by atoms with Crippen molar-refractivity contribution < 1.29 is 27.1 Å². The number of carbonyl (C=O) groups is 1. The van der Waals surface area contributed by atoms with Crippen LogP contribution >= 0.6 is 0 Å². The number of fused-ring (bicyclic) bond motifs is 1. The van der Waals surface area contributed by atoms with Gasteiger partial charge in [-0.3, -0.25) is 9.78 Å². The fraction of sp³-hybridized carbons (Fsp3) is 0.158. The number of alkyl halides is 3. The van der Waals surface area contributed by atoms with Crippen LogP contribution < -0.4 is 10.1 Å². The standard InChI is InChI=1S/C19H12F4N4O2/c20-11-5-10(19(21,22)23)6-12(7-11)29-16-8-15(26-9-27-16)17-13-1-4-25-18(28)14(13)2-3-24-17/h2-3,5-9H,1,4H2,(H,25,28). The molecule has 4 rings (SSSR count). The van der Waals surface area contributed by atoms with Crippen LogP contribution in [0.15, 0.2) is 42.9 Å². The zero-order valence-electron chi connectivity index (χ0n) is 14.6. The number of pyridine rings is 1. The summed E-state index contributed by atoms with van der Waals surface area (Å²) in [5.74, 6) is -1.76. The highest BCUT2D eigenvalue weighted by Gasteiger charge is 2.31. The van der Waals surface area contributed by atoms with Crippen molar-refractivity contribution in [2.24, 2.45) is 0 Å². The van der Waals surface area contributed by atoms with E-state index in [0.29, 0.717) is 47.6 Å². The molecule has 3 heterocycles. The van der Waals surface area contributed by atoms with Gasteiger partial charge in [-0.05, 0) is 30.2 Å². The van der Waals surface area contributed by atoms with Crippen molar-refractivity contribution in [3.05, 3.63) is 65.4 Å². The summed E-state index contributed by atoms with van der Waals surface area (Å²) in [6.07, 6.45) is -1.56. The molecule has 1 N–H and O–H groups in total. The van der Waals surface area contributed by atoms with Crippen LogP contribution in [-0.2, 0) is 12.6 Å². The first-order valence-corrected chi connectivity index (χ1v) is 8.45. The molecule has 3 aromatic rings. The molecule has 1 aromatic carbocycles. The number of hydrogen-bond donors (Lipinski definition) is 1. The first kappa shape index (κ1) is 18.8. The SMILES string of the molecule is O=C1NCCc2c1ccnc2-c1cc(Oc2cc(F)cc(C(F)(F)F)c2)ncn1. The van der Waals surface area contributed by atoms with E-state index in [4.69, 9.17) is 4.74 Å². The molecular formula is C19H12F4N4O2. The third-order valence-corrected chi connectivity index (χ3v) is 4.27. The van der Waals surface area contributed by atoms with E-state index in [2.05, 4.69) is 20.3 Å². The van der Waals surface area contributed by atoms with E-state index >= 15 is 0 Å². The van der Waals surface area contributed by atoms with Gasteiger partial charge in [0.2, 0.25) is 5.88 Å². The maximum atomic E-state index is 13.6. The summed E-state index contributed by atoms with van der Waals surface area (Å²) in [4.78, 5) is 24.3. The molecular weight excluding hydrogens is 392 g/mol. The topological polar surface area (TPSA) is 77.0 Å². The van der Waals surface area contributed by atoms with Gasteiger partial charge in [0.1, 0.15) is 17.9 Å². The van der Waals surface area contributed by atoms with Gasteiger partial charge in [-0.2, -0.15) is 13.2 Å². The highest BCUT2D eigenvalue weighted by Crippen LogP contribution is 2.34. The van der Waals surface area contributed by atoms with Gasteiger partial charge in [0.25, 0.3) is 5.91 Å². The Hall–Kier alpha value is -3.56. The average Bonchev–Trinajstić information content (AvgIpc) is 2.67. The minimum Gasteiger partial charge on any atom is -0.439 e. The molecule has 1 aliphatic rings. The summed E-state index contributed by atoms with van der Waals surface area (Å²) in [6.45, 7) is 0.447. The molecule has 0 aliphatic carbocycles. The number of rotatable bonds is 3. The molecule has 0 saturated heterocycles. The van der Waals surface area contributed by atoms with E-state index < -0.39 is 17.6 Å². The molecule has 6 nitrogen and oxygen atoms in total. The summed E-state index contributed by atoms with van der Waals surface area (Å²) in [6, 6.07) is 4.84. The lowest BCUT2D eigenvalue weighted by Crippen LogP contribution is -2.32. The molecule has 0 spiro atoms. The molecule has 1 amide bonds. The van der Waals surface area contributed by atoms with Crippen LogP contribution in [0.5, 0.6) is 11.6 Å². The van der Waals surface area contributed by atoms with Crippen molar-refractivity contribution in [1.82, 2.24) is 20.3 Å². The number of carbonyl (C=O) groups excluding carboxylic acids is 1. The van der Waals surface area contributed by atoms with E-state index in [0.717, 1.165) is 12.4 Å². The van der Waals surface area contributed by atoms with Crippen molar-refractivity contribution in [1.29, 1.82) is 0 Å². The van der Waals surface area contributed by atoms with Gasteiger partial charge in [0.15, 0.2) is 0 Å². The normalized spacial score (nSPS) is 13.6. The van der Waals surface area contributed by atoms with Crippen molar-refractivity contribution in [3.63, 3.8) is 0 Å². The molecule has 148 valence electrons. The Kier molecular flexibility index (Phi) is 4.61. The molecule has 1 aliphatic heterocycles. The van der Waals surface area contributed by atoms with Crippen LogP contribution in [-0.4, -0.2) is 27.4 Å². The zero-order valence-corrected chi connectivity index (χ0v) is 14.6. The number of nitrogens with zero attached hydrogens (tertiary/aromatic N) is 3. The number of aromatic nitrogens is 3. The van der Waals surface area contributed by atoms with Crippen molar-refractivity contribution in [2.75, 3.05) is 6.54 Å². The van der Waals surface area contributed by atoms with E-state index in [-0.39, 0.29) is 17.5 Å². The summed E-state index contributed by atoms with van der Waals surface area (Å²) in [5, 5.41) is 2.73. The zero-order chi connectivity index (χ0) is 20.6. The van der Waals surface area contributed by atoms with Gasteiger partial charge < -0.3 is 10.1 Å². The molecule has 10 heteroatoms. The Morgan fingerprint density at radius 3 is 2.69 bits per heavy atom. The van der Waals surface area contributed by atoms with Crippen LogP contribution in [0, 0.1) is 5.82 Å². The Bertz CT molecular complexity index is 1100. The van der Waals surface area contributed by atoms with Crippen LogP contribution in [0.2, 0.25) is 0 Å². The summed E-state index contributed by atoms with van der Waals surface area (Å²) >= 11 is 0. The third kappa shape index (κ3) is 3.86. The van der Waals surface area contributed by atoms with Crippen molar-refractivity contribution in [3.8, 4) is 23.0 Å². The fourth-order valence-corrected chi connectivity index (χ4v) is 3.01. The van der Waals surface area contributed by atoms with Gasteiger partial charge in [-0.15, -0.1) is 0 Å². The predicted octanol–water partition coefficient (Wildman–Crippen LogP) is 3.77. The van der Waals surface area contributed by atoms with E-state index in [1.807, 2.05) is 0 Å². The number of amides is 1. The first-order chi connectivity index (χ1) is 13.8. The quantitative estimate of drug-likeness (QED) is 0.673. The highest BCUT2D eigenvalue weighted by atomic mass is 19.4. The van der Waals surface area contributed by atoms with Gasteiger partial charge >= 0.3 is 6.18 Å². The molecule has 0 fully saturated rings. The Morgan fingerprint density at radius 2 is 1.90 bits per heavy atom. The molecule has 0 atom stereocenters. The van der Waals surface area contributed by atoms with Crippen molar-refractivity contribution >= 4 is 5.91 Å². The van der Waals surface area contributed by atoms with Gasteiger partial charge in [0, 0.05) is 30.4 Å². The Labute approximate surface area is 161 Å². The fourth-order valence-electron chi connectivity index (χ4n) is 3.01. The predicted molar refractivity (Wildman–Crippen MR) is 92.8 cm³/mol. The number of halogens is 4. The summed E-state index contributed by atoms with van der Waals surface area (Å²) in [5.41, 5.74) is 0.772. The lowest BCUT2D eigenvalue weighted by molar-refractivity contribution is -0.137. The highest BCUT2D eigenvalue weighted by molar-refractivity contribution is 5.98. The van der Waals surface area contributed by atoms with Gasteiger partial charge in [0.05, 0.1) is 17.0 Å². The molecule has 29 heavy (non-hydrogen) atoms. The maximum Gasteiger partial charge on any atom is 0.416 e. The molecule has 0 unspecified atom stereocenters. The Morgan fingerprint density at radius 1 is 1.07 bits per heavy atom. The number of ether oxygens (including phenoxy) is 1. The lowest BCUT2D eigenvalue weighted by atomic mass is 9.98. The van der Waals surface area contributed by atoms with Crippen LogP contribution in [0.4, 0.5) is 17.6 Å². The van der Waals surface area contributed by atoms with Crippen LogP contribution in [0.3, 0.4) is 0 Å². The summed E-state index contributed by atoms with van der Waals surface area (Å²) < 4.78 is 57.5. The smallest absolute Gasteiger partial charge is 0.416 e. The molecule has 2 aromatic heterocycles. The number of hydrogen-bond acceptors (Lipinski definition) is 5. The van der Waals surface area contributed by atoms with E-state index in [1.165, 1.54) is 12.3 Å². The Balaban J connectivity index is 1.69. The minimum absolute atomic E-state index is 0.0895.